The van der Waals surface area contributed by atoms with Crippen molar-refractivity contribution in [2.75, 3.05) is 0 Å². The van der Waals surface area contributed by atoms with E-state index in [4.69, 9.17) is 4.74 Å². The Morgan fingerprint density at radius 1 is 1.42 bits per heavy atom. The molecule has 12 heavy (non-hydrogen) atoms. The van der Waals surface area contributed by atoms with Crippen LogP contribution in [0.5, 0.6) is 0 Å². The molecule has 1 saturated heterocycles. The van der Waals surface area contributed by atoms with Gasteiger partial charge in [-0.1, -0.05) is 12.1 Å². The van der Waals surface area contributed by atoms with Gasteiger partial charge in [-0.3, -0.25) is 0 Å². The van der Waals surface area contributed by atoms with Crippen LogP contribution in [0.4, 0.5) is 4.39 Å². The van der Waals surface area contributed by atoms with E-state index in [2.05, 4.69) is 0 Å². The minimum Gasteiger partial charge on any atom is -0.364 e. The Balaban J connectivity index is 2.18. The highest BCUT2D eigenvalue weighted by Crippen LogP contribution is 2.47. The number of halogens is 1. The fourth-order valence-electron chi connectivity index (χ4n) is 2.03. The molecular weight excluding hydrogens is 155 g/mol. The monoisotopic (exact) mass is 164 g/mol. The van der Waals surface area contributed by atoms with Crippen molar-refractivity contribution in [3.05, 3.63) is 35.1 Å². The fourth-order valence-corrected chi connectivity index (χ4v) is 2.03. The number of fused-ring (bicyclic) bond motifs is 3. The molecule has 0 aromatic heterocycles. The summed E-state index contributed by atoms with van der Waals surface area (Å²) in [5, 5.41) is 0. The number of hydrogen-bond acceptors (Lipinski definition) is 1. The molecule has 2 atom stereocenters. The van der Waals surface area contributed by atoms with Crippen molar-refractivity contribution < 1.29 is 9.13 Å². The second-order valence-electron chi connectivity index (χ2n) is 3.44. The van der Waals surface area contributed by atoms with E-state index < -0.39 is 0 Å². The van der Waals surface area contributed by atoms with E-state index in [-0.39, 0.29) is 11.9 Å². The zero-order valence-electron chi connectivity index (χ0n) is 6.59. The molecule has 1 aromatic carbocycles. The molecule has 2 aliphatic rings. The molecule has 1 fully saturated rings. The molecule has 1 aliphatic heterocycles. The predicted molar refractivity (Wildman–Crippen MR) is 42.3 cm³/mol. The molecule has 2 heteroatoms. The molecule has 1 aliphatic carbocycles. The summed E-state index contributed by atoms with van der Waals surface area (Å²) in [6.07, 6.45) is 2.42. The second kappa shape index (κ2) is 2.07. The van der Waals surface area contributed by atoms with Gasteiger partial charge < -0.3 is 4.74 Å². The van der Waals surface area contributed by atoms with E-state index in [0.717, 1.165) is 24.0 Å². The fraction of sp³-hybridized carbons (Fsp3) is 0.400. The lowest BCUT2D eigenvalue weighted by Crippen LogP contribution is -2.06. The summed E-state index contributed by atoms with van der Waals surface area (Å²) in [6.45, 7) is 0. The summed E-state index contributed by atoms with van der Waals surface area (Å²) in [6, 6.07) is 5.27. The highest BCUT2D eigenvalue weighted by Gasteiger charge is 2.44. The van der Waals surface area contributed by atoms with Gasteiger partial charge in [0.05, 0.1) is 6.10 Å². The van der Waals surface area contributed by atoms with Crippen molar-refractivity contribution in [3.63, 3.8) is 0 Å². The third kappa shape index (κ3) is 0.758. The zero-order valence-corrected chi connectivity index (χ0v) is 6.59. The van der Waals surface area contributed by atoms with E-state index in [0.29, 0.717) is 6.10 Å². The van der Waals surface area contributed by atoms with Gasteiger partial charge in [-0.15, -0.1) is 0 Å². The number of ether oxygens (including phenoxy) is 1. The number of rotatable bonds is 0. The van der Waals surface area contributed by atoms with Crippen LogP contribution < -0.4 is 0 Å². The van der Waals surface area contributed by atoms with Crippen molar-refractivity contribution in [1.29, 1.82) is 0 Å². The molecule has 0 amide bonds. The van der Waals surface area contributed by atoms with Crippen molar-refractivity contribution in [3.8, 4) is 0 Å². The van der Waals surface area contributed by atoms with Crippen molar-refractivity contribution in [2.24, 2.45) is 0 Å². The lowest BCUT2D eigenvalue weighted by Gasteiger charge is -2.11. The molecule has 1 nitrogen and oxygen atoms in total. The van der Waals surface area contributed by atoms with Crippen molar-refractivity contribution in [1.82, 2.24) is 0 Å². The molecular formula is C10H9FO. The van der Waals surface area contributed by atoms with Gasteiger partial charge >= 0.3 is 0 Å². The minimum atomic E-state index is -0.0681. The van der Waals surface area contributed by atoms with E-state index in [1.54, 1.807) is 6.07 Å². The Morgan fingerprint density at radius 3 is 3.25 bits per heavy atom. The van der Waals surface area contributed by atoms with E-state index in [9.17, 15) is 4.39 Å². The standard InChI is InChI=1S/C10H9FO/c11-8-3-1-2-7-6(8)4-5-9-10(7)12-9/h1-3,9-10H,4-5H2/t9-,10-/m1/s1. The maximum Gasteiger partial charge on any atom is 0.126 e. The van der Waals surface area contributed by atoms with Crippen LogP contribution in [0.3, 0.4) is 0 Å². The Morgan fingerprint density at radius 2 is 2.33 bits per heavy atom. The van der Waals surface area contributed by atoms with Crippen LogP contribution in [-0.2, 0) is 11.2 Å². The second-order valence-corrected chi connectivity index (χ2v) is 3.44. The van der Waals surface area contributed by atoms with Crippen LogP contribution in [0.15, 0.2) is 18.2 Å². The summed E-state index contributed by atoms with van der Waals surface area (Å²) in [5.74, 6) is -0.0681. The third-order valence-corrected chi connectivity index (χ3v) is 2.72. The van der Waals surface area contributed by atoms with Crippen molar-refractivity contribution in [2.45, 2.75) is 25.0 Å². The summed E-state index contributed by atoms with van der Waals surface area (Å²) in [5.41, 5.74) is 1.95. The third-order valence-electron chi connectivity index (χ3n) is 2.72. The van der Waals surface area contributed by atoms with Crippen LogP contribution in [-0.4, -0.2) is 6.10 Å². The van der Waals surface area contributed by atoms with E-state index >= 15 is 0 Å². The largest absolute Gasteiger partial charge is 0.364 e. The molecule has 0 bridgehead atoms. The summed E-state index contributed by atoms with van der Waals surface area (Å²) in [4.78, 5) is 0. The number of epoxide rings is 1. The summed E-state index contributed by atoms with van der Waals surface area (Å²) < 4.78 is 18.6. The highest BCUT2D eigenvalue weighted by atomic mass is 19.1. The first-order valence-corrected chi connectivity index (χ1v) is 4.29. The van der Waals surface area contributed by atoms with Crippen LogP contribution >= 0.6 is 0 Å². The van der Waals surface area contributed by atoms with Gasteiger partial charge in [-0.25, -0.2) is 4.39 Å². The van der Waals surface area contributed by atoms with Gasteiger partial charge in [0.2, 0.25) is 0 Å². The molecule has 1 heterocycles. The first-order chi connectivity index (χ1) is 5.86. The van der Waals surface area contributed by atoms with Crippen molar-refractivity contribution >= 4 is 0 Å². The smallest absolute Gasteiger partial charge is 0.126 e. The predicted octanol–water partition coefficient (Wildman–Crippen LogP) is 2.21. The van der Waals surface area contributed by atoms with Crippen LogP contribution in [0.1, 0.15) is 23.7 Å². The topological polar surface area (TPSA) is 12.5 Å². The Hall–Kier alpha value is -0.890. The number of benzene rings is 1. The quantitative estimate of drug-likeness (QED) is 0.535. The molecule has 0 N–H and O–H groups in total. The zero-order chi connectivity index (χ0) is 8.13. The SMILES string of the molecule is Fc1cccc2c1CC[C@H]1O[C@H]21. The average Bonchev–Trinajstić information content (AvgIpc) is 2.83. The van der Waals surface area contributed by atoms with Crippen LogP contribution in [0, 0.1) is 5.82 Å². The number of hydrogen-bond donors (Lipinski definition) is 0. The average molecular weight is 164 g/mol. The molecule has 3 rings (SSSR count). The Bertz CT molecular complexity index is 335. The lowest BCUT2D eigenvalue weighted by molar-refractivity contribution is 0.373. The highest BCUT2D eigenvalue weighted by molar-refractivity contribution is 5.36. The van der Waals surface area contributed by atoms with Crippen LogP contribution in [0.25, 0.3) is 0 Å². The Kier molecular flexibility index (Phi) is 1.14. The van der Waals surface area contributed by atoms with Gasteiger partial charge in [-0.2, -0.15) is 0 Å². The maximum atomic E-state index is 13.2. The molecule has 0 saturated carbocycles. The first kappa shape index (κ1) is 6.61. The molecule has 1 aromatic rings. The maximum absolute atomic E-state index is 13.2. The van der Waals surface area contributed by atoms with Gasteiger partial charge in [0.15, 0.2) is 0 Å². The molecule has 0 unspecified atom stereocenters. The van der Waals surface area contributed by atoms with Gasteiger partial charge in [0.25, 0.3) is 0 Å². The van der Waals surface area contributed by atoms with Gasteiger partial charge in [0, 0.05) is 0 Å². The summed E-state index contributed by atoms with van der Waals surface area (Å²) >= 11 is 0. The van der Waals surface area contributed by atoms with E-state index in [1.807, 2.05) is 6.07 Å². The van der Waals surface area contributed by atoms with Crippen LogP contribution in [0.2, 0.25) is 0 Å². The molecule has 0 radical (unpaired) electrons. The van der Waals surface area contributed by atoms with E-state index in [1.165, 1.54) is 6.07 Å². The molecule has 62 valence electrons. The van der Waals surface area contributed by atoms with Gasteiger partial charge in [-0.05, 0) is 30.0 Å². The normalized spacial score (nSPS) is 30.8. The molecule has 0 spiro atoms. The first-order valence-electron chi connectivity index (χ1n) is 4.29. The van der Waals surface area contributed by atoms with Gasteiger partial charge in [0.1, 0.15) is 11.9 Å². The summed E-state index contributed by atoms with van der Waals surface area (Å²) in [7, 11) is 0. The lowest BCUT2D eigenvalue weighted by atomic mass is 9.91. The minimum absolute atomic E-state index is 0.0681. The Labute approximate surface area is 70.2 Å².